The Labute approximate surface area is 163 Å². The normalized spacial score (nSPS) is 14.8. The predicted octanol–water partition coefficient (Wildman–Crippen LogP) is 1.87. The van der Waals surface area contributed by atoms with Crippen molar-refractivity contribution in [2.24, 2.45) is 0 Å². The number of hydrogen-bond donors (Lipinski definition) is 1. The minimum absolute atomic E-state index is 0.0166. The van der Waals surface area contributed by atoms with Gasteiger partial charge >= 0.3 is 0 Å². The zero-order chi connectivity index (χ0) is 19.1. The lowest BCUT2D eigenvalue weighted by atomic mass is 10.1. The summed E-state index contributed by atoms with van der Waals surface area (Å²) in [6.07, 6.45) is 0.397. The molecule has 2 aromatic rings. The maximum absolute atomic E-state index is 12.5. The molecule has 0 radical (unpaired) electrons. The number of piperazine rings is 1. The minimum atomic E-state index is -0.0166. The molecule has 1 fully saturated rings. The number of nitrogens with one attached hydrogen (secondary N) is 1. The van der Waals surface area contributed by atoms with Crippen LogP contribution in [0.1, 0.15) is 15.2 Å². The van der Waals surface area contributed by atoms with Gasteiger partial charge in [-0.3, -0.25) is 14.5 Å². The standard InChI is InChI=1S/C20H25N3O3S/c1-26-17-5-2-4-16(14-17)15-19(24)23-11-9-22(10-12-23)8-7-21-20(25)18-6-3-13-27-18/h2-6,13-14H,7-12,15H2,1H3,(H,21,25). The lowest BCUT2D eigenvalue weighted by Gasteiger charge is -2.34. The summed E-state index contributed by atoms with van der Waals surface area (Å²) < 4.78 is 5.21. The molecule has 1 aromatic heterocycles. The SMILES string of the molecule is COc1cccc(CC(=O)N2CCN(CCNC(=O)c3cccs3)CC2)c1. The molecule has 0 spiro atoms. The molecule has 1 aromatic carbocycles. The number of carbonyl (C=O) groups is 2. The summed E-state index contributed by atoms with van der Waals surface area (Å²) in [6.45, 7) is 4.53. The van der Waals surface area contributed by atoms with Gasteiger partial charge in [-0.25, -0.2) is 0 Å². The number of ether oxygens (including phenoxy) is 1. The molecule has 0 unspecified atom stereocenters. The van der Waals surface area contributed by atoms with E-state index in [-0.39, 0.29) is 11.8 Å². The molecule has 0 bridgehead atoms. The average molecular weight is 388 g/mol. The molecule has 7 heteroatoms. The highest BCUT2D eigenvalue weighted by molar-refractivity contribution is 7.12. The first-order valence-corrected chi connectivity index (χ1v) is 9.98. The second-order valence-corrected chi connectivity index (χ2v) is 7.43. The molecule has 0 saturated carbocycles. The quantitative estimate of drug-likeness (QED) is 0.788. The Kier molecular flexibility index (Phi) is 6.84. The molecule has 0 atom stereocenters. The van der Waals surface area contributed by atoms with Crippen molar-refractivity contribution < 1.29 is 14.3 Å². The summed E-state index contributed by atoms with van der Waals surface area (Å²) >= 11 is 1.45. The van der Waals surface area contributed by atoms with Gasteiger partial charge in [0.15, 0.2) is 0 Å². The van der Waals surface area contributed by atoms with Crippen LogP contribution in [0.3, 0.4) is 0 Å². The number of benzene rings is 1. The maximum Gasteiger partial charge on any atom is 0.261 e. The number of nitrogens with zero attached hydrogens (tertiary/aromatic N) is 2. The molecule has 1 saturated heterocycles. The van der Waals surface area contributed by atoms with E-state index in [2.05, 4.69) is 10.2 Å². The smallest absolute Gasteiger partial charge is 0.261 e. The van der Waals surface area contributed by atoms with E-state index in [9.17, 15) is 9.59 Å². The summed E-state index contributed by atoms with van der Waals surface area (Å²) in [7, 11) is 1.63. The third-order valence-corrected chi connectivity index (χ3v) is 5.54. The zero-order valence-corrected chi connectivity index (χ0v) is 16.3. The van der Waals surface area contributed by atoms with E-state index in [0.29, 0.717) is 13.0 Å². The second-order valence-electron chi connectivity index (χ2n) is 6.48. The van der Waals surface area contributed by atoms with Crippen molar-refractivity contribution in [3.05, 3.63) is 52.2 Å². The van der Waals surface area contributed by atoms with Gasteiger partial charge in [-0.15, -0.1) is 11.3 Å². The summed E-state index contributed by atoms with van der Waals surface area (Å²) in [6, 6.07) is 11.3. The van der Waals surface area contributed by atoms with Gasteiger partial charge in [0.2, 0.25) is 5.91 Å². The van der Waals surface area contributed by atoms with E-state index in [1.165, 1.54) is 11.3 Å². The lowest BCUT2D eigenvalue weighted by molar-refractivity contribution is -0.132. The molecule has 1 aliphatic rings. The summed E-state index contributed by atoms with van der Waals surface area (Å²) in [5, 5.41) is 4.85. The topological polar surface area (TPSA) is 61.9 Å². The fourth-order valence-electron chi connectivity index (χ4n) is 3.11. The van der Waals surface area contributed by atoms with Gasteiger partial charge < -0.3 is 15.0 Å². The monoisotopic (exact) mass is 387 g/mol. The first-order valence-electron chi connectivity index (χ1n) is 9.10. The molecule has 144 valence electrons. The van der Waals surface area contributed by atoms with E-state index in [1.54, 1.807) is 7.11 Å². The van der Waals surface area contributed by atoms with Crippen LogP contribution in [0.25, 0.3) is 0 Å². The van der Waals surface area contributed by atoms with E-state index in [4.69, 9.17) is 4.74 Å². The number of rotatable bonds is 7. The van der Waals surface area contributed by atoms with Crippen molar-refractivity contribution >= 4 is 23.2 Å². The van der Waals surface area contributed by atoms with Crippen molar-refractivity contribution in [3.8, 4) is 5.75 Å². The van der Waals surface area contributed by atoms with E-state index in [1.807, 2.05) is 46.7 Å². The first kappa shape index (κ1) is 19.4. The summed E-state index contributed by atoms with van der Waals surface area (Å²) in [5.41, 5.74) is 0.970. The molecule has 1 N–H and O–H groups in total. The number of methoxy groups -OCH3 is 1. The number of carbonyl (C=O) groups excluding carboxylic acids is 2. The molecule has 6 nitrogen and oxygen atoms in total. The van der Waals surface area contributed by atoms with Crippen LogP contribution in [-0.4, -0.2) is 68.0 Å². The summed E-state index contributed by atoms with van der Waals surface area (Å²) in [5.74, 6) is 0.903. The van der Waals surface area contributed by atoms with Gasteiger partial charge in [-0.05, 0) is 29.1 Å². The molecule has 2 amide bonds. The number of amides is 2. The Morgan fingerprint density at radius 3 is 2.67 bits per heavy atom. The highest BCUT2D eigenvalue weighted by Gasteiger charge is 2.21. The Balaban J connectivity index is 1.38. The number of hydrogen-bond acceptors (Lipinski definition) is 5. The zero-order valence-electron chi connectivity index (χ0n) is 15.5. The van der Waals surface area contributed by atoms with Gasteiger partial charge in [0.1, 0.15) is 5.75 Å². The molecule has 3 rings (SSSR count). The third kappa shape index (κ3) is 5.55. The molecular formula is C20H25N3O3S. The van der Waals surface area contributed by atoms with Crippen LogP contribution >= 0.6 is 11.3 Å². The molecule has 1 aliphatic heterocycles. The van der Waals surface area contributed by atoms with Gasteiger partial charge in [0, 0.05) is 39.3 Å². The largest absolute Gasteiger partial charge is 0.497 e. The Morgan fingerprint density at radius 1 is 1.15 bits per heavy atom. The van der Waals surface area contributed by atoms with Crippen LogP contribution in [0.2, 0.25) is 0 Å². The second kappa shape index (κ2) is 9.53. The van der Waals surface area contributed by atoms with Crippen LogP contribution in [-0.2, 0) is 11.2 Å². The van der Waals surface area contributed by atoms with Crippen molar-refractivity contribution in [2.45, 2.75) is 6.42 Å². The highest BCUT2D eigenvalue weighted by Crippen LogP contribution is 2.14. The van der Waals surface area contributed by atoms with Crippen molar-refractivity contribution in [3.63, 3.8) is 0 Å². The lowest BCUT2D eigenvalue weighted by Crippen LogP contribution is -2.50. The fraction of sp³-hybridized carbons (Fsp3) is 0.400. The minimum Gasteiger partial charge on any atom is -0.497 e. The van der Waals surface area contributed by atoms with Crippen LogP contribution in [0, 0.1) is 0 Å². The fourth-order valence-corrected chi connectivity index (χ4v) is 3.75. The first-order chi connectivity index (χ1) is 13.2. The maximum atomic E-state index is 12.5. The average Bonchev–Trinajstić information content (AvgIpc) is 3.23. The van der Waals surface area contributed by atoms with Crippen LogP contribution in [0.15, 0.2) is 41.8 Å². The molecule has 0 aliphatic carbocycles. The Hall–Kier alpha value is -2.38. The Morgan fingerprint density at radius 2 is 1.96 bits per heavy atom. The van der Waals surface area contributed by atoms with Crippen molar-refractivity contribution in [1.82, 2.24) is 15.1 Å². The highest BCUT2D eigenvalue weighted by atomic mass is 32.1. The van der Waals surface area contributed by atoms with E-state index >= 15 is 0 Å². The van der Waals surface area contributed by atoms with Gasteiger partial charge in [-0.1, -0.05) is 18.2 Å². The van der Waals surface area contributed by atoms with Crippen molar-refractivity contribution in [2.75, 3.05) is 46.4 Å². The van der Waals surface area contributed by atoms with Crippen LogP contribution in [0.5, 0.6) is 5.75 Å². The third-order valence-electron chi connectivity index (χ3n) is 4.67. The molecule has 2 heterocycles. The van der Waals surface area contributed by atoms with Gasteiger partial charge in [-0.2, -0.15) is 0 Å². The van der Waals surface area contributed by atoms with Crippen molar-refractivity contribution in [1.29, 1.82) is 0 Å². The van der Waals surface area contributed by atoms with E-state index in [0.717, 1.165) is 48.9 Å². The van der Waals surface area contributed by atoms with E-state index < -0.39 is 0 Å². The van der Waals surface area contributed by atoms with Gasteiger partial charge in [0.25, 0.3) is 5.91 Å². The molecular weight excluding hydrogens is 362 g/mol. The summed E-state index contributed by atoms with van der Waals surface area (Å²) in [4.78, 5) is 29.4. The Bertz CT molecular complexity index is 756. The number of thiophene rings is 1. The van der Waals surface area contributed by atoms with Gasteiger partial charge in [0.05, 0.1) is 18.4 Å². The van der Waals surface area contributed by atoms with Crippen LogP contribution in [0.4, 0.5) is 0 Å². The van der Waals surface area contributed by atoms with Crippen LogP contribution < -0.4 is 10.1 Å². The predicted molar refractivity (Wildman–Crippen MR) is 106 cm³/mol. The molecule has 27 heavy (non-hydrogen) atoms.